The highest BCUT2D eigenvalue weighted by atomic mass is 32.2. The minimum absolute atomic E-state index is 0.521. The Kier molecular flexibility index (Phi) is 25.2. The summed E-state index contributed by atoms with van der Waals surface area (Å²) in [5.41, 5.74) is 1.17. The maximum atomic E-state index is 14.0. The summed E-state index contributed by atoms with van der Waals surface area (Å²) >= 11 is 0. The summed E-state index contributed by atoms with van der Waals surface area (Å²) in [5, 5.41) is 216. The monoisotopic (exact) mass is 1440 g/mol. The molecule has 97 heavy (non-hydrogen) atoms. The van der Waals surface area contributed by atoms with Gasteiger partial charge in [-0.05, 0) is 38.1 Å². The van der Waals surface area contributed by atoms with E-state index in [9.17, 15) is 114 Å². The van der Waals surface area contributed by atoms with Gasteiger partial charge in [-0.3, -0.25) is 8.37 Å². The Morgan fingerprint density at radius 1 is 0.268 bits per heavy atom. The average Bonchev–Trinajstić information content (AvgIpc) is 0.777. The van der Waals surface area contributed by atoms with Crippen LogP contribution in [0.4, 0.5) is 0 Å². The Bertz CT molecular complexity index is 2990. The Hall–Kier alpha value is -3.06. The van der Waals surface area contributed by atoms with E-state index in [2.05, 4.69) is 0 Å². The molecule has 0 saturated carbocycles. The van der Waals surface area contributed by atoms with E-state index in [0.29, 0.717) is 11.1 Å². The van der Waals surface area contributed by atoms with Crippen LogP contribution in [0.15, 0.2) is 58.3 Å². The third-order valence-electron chi connectivity index (χ3n) is 17.8. The van der Waals surface area contributed by atoms with E-state index in [1.54, 1.807) is 13.8 Å². The van der Waals surface area contributed by atoms with Gasteiger partial charge in [0.25, 0.3) is 20.2 Å². The summed E-state index contributed by atoms with van der Waals surface area (Å²) in [6, 6.07) is 9.97. The number of aliphatic hydroxyl groups excluding tert-OH is 19. The first kappa shape index (κ1) is 76.6. The van der Waals surface area contributed by atoms with Gasteiger partial charge in [0, 0.05) is 0 Å². The van der Waals surface area contributed by atoms with Gasteiger partial charge in [0.2, 0.25) is 0 Å². The van der Waals surface area contributed by atoms with Gasteiger partial charge >= 0.3 is 0 Å². The molecule has 15 aliphatic rings. The van der Waals surface area contributed by atoms with Gasteiger partial charge in [0.05, 0.1) is 56.0 Å². The predicted octanol–water partition coefficient (Wildman–Crippen LogP) is -11.8. The zero-order valence-electron chi connectivity index (χ0n) is 51.3. The molecule has 0 amide bonds. The van der Waals surface area contributed by atoms with E-state index in [4.69, 9.17) is 74.7 Å². The number of hydrogen-bond acceptors (Lipinski definition) is 39. The van der Waals surface area contributed by atoms with Crippen LogP contribution in [0.5, 0.6) is 0 Å². The first-order chi connectivity index (χ1) is 46.0. The Morgan fingerprint density at radius 2 is 0.443 bits per heavy atom. The molecule has 41 heteroatoms. The van der Waals surface area contributed by atoms with Crippen LogP contribution in [0.1, 0.15) is 11.1 Å². The lowest BCUT2D eigenvalue weighted by atomic mass is 9.95. The zero-order chi connectivity index (χ0) is 70.4. The van der Waals surface area contributed by atoms with Crippen LogP contribution in [0.3, 0.4) is 0 Å². The van der Waals surface area contributed by atoms with E-state index >= 15 is 0 Å². The molecule has 15 saturated heterocycles. The third kappa shape index (κ3) is 15.7. The Morgan fingerprint density at radius 3 is 0.639 bits per heavy atom. The molecule has 552 valence electrons. The molecule has 2 aromatic carbocycles. The minimum Gasteiger partial charge on any atom is -0.394 e. The van der Waals surface area contributed by atoms with Crippen molar-refractivity contribution in [3.05, 3.63) is 59.7 Å². The number of benzene rings is 2. The summed E-state index contributed by atoms with van der Waals surface area (Å²) in [6.07, 6.45) is -76.4. The quantitative estimate of drug-likeness (QED) is 0.0828. The number of hydrogen-bond donors (Lipinski definition) is 19. The summed E-state index contributed by atoms with van der Waals surface area (Å²) in [6.45, 7) is -4.92. The molecule has 15 aliphatic heterocycles. The van der Waals surface area contributed by atoms with Crippen molar-refractivity contribution in [2.24, 2.45) is 0 Å². The van der Waals surface area contributed by atoms with E-state index in [-0.39, 0.29) is 0 Å². The van der Waals surface area contributed by atoms with Crippen molar-refractivity contribution in [3.63, 3.8) is 0 Å². The van der Waals surface area contributed by atoms with Gasteiger partial charge in [0.15, 0.2) is 56.2 Å². The van der Waals surface area contributed by atoms with E-state index in [0.717, 1.165) is 24.3 Å². The second kappa shape index (κ2) is 31.9. The molecule has 0 radical (unpaired) electrons. The van der Waals surface area contributed by atoms with E-state index in [1.807, 2.05) is 0 Å². The summed E-state index contributed by atoms with van der Waals surface area (Å²) in [5.74, 6) is 0. The first-order valence-corrected chi connectivity index (χ1v) is 33.4. The average molecular weight is 1440 g/mol. The van der Waals surface area contributed by atoms with Crippen LogP contribution in [-0.2, 0) is 94.9 Å². The molecule has 14 bridgehead atoms. The third-order valence-corrected chi connectivity index (χ3v) is 20.5. The van der Waals surface area contributed by atoms with Crippen LogP contribution in [0, 0.1) is 13.8 Å². The van der Waals surface area contributed by atoms with Gasteiger partial charge in [-0.15, -0.1) is 0 Å². The molecule has 0 aliphatic carbocycles. The number of aliphatic hydroxyl groups is 19. The molecule has 15 fully saturated rings. The van der Waals surface area contributed by atoms with Crippen molar-refractivity contribution in [1.82, 2.24) is 0 Å². The van der Waals surface area contributed by atoms with Crippen LogP contribution in [0.25, 0.3) is 0 Å². The highest BCUT2D eigenvalue weighted by molar-refractivity contribution is 7.87. The van der Waals surface area contributed by atoms with E-state index in [1.165, 1.54) is 24.3 Å². The molecule has 19 N–H and O–H groups in total. The van der Waals surface area contributed by atoms with Crippen molar-refractivity contribution in [3.8, 4) is 0 Å². The molecule has 0 spiro atoms. The van der Waals surface area contributed by atoms with Crippen molar-refractivity contribution < 1.29 is 189 Å². The maximum absolute atomic E-state index is 14.0. The molecule has 0 aromatic heterocycles. The molecule has 2 aromatic rings. The second-order valence-corrected chi connectivity index (χ2v) is 27.5. The lowest BCUT2D eigenvalue weighted by Gasteiger charge is -2.50. The Balaban J connectivity index is 1.000. The van der Waals surface area contributed by atoms with Crippen molar-refractivity contribution in [2.75, 3.05) is 46.2 Å². The van der Waals surface area contributed by atoms with Gasteiger partial charge < -0.3 is 163 Å². The van der Waals surface area contributed by atoms with Crippen LogP contribution < -0.4 is 0 Å². The maximum Gasteiger partial charge on any atom is 0.297 e. The highest BCUT2D eigenvalue weighted by Gasteiger charge is 2.61. The topological polar surface area (TPSA) is 600 Å². The SMILES string of the molecule is Cc1ccc(S(=O)(=O)O[C@H]2[C@H]3O[C@H]4[C@H](O)[C@@H](O)[C@@H](O[C@H]5[C@H](O)[C@@H](O)[C@@H](O[C@H]6[C@H](O)[C@@H](O)[C@@H](O[C@H]7[C@H](O)[C@@H](OS(=O)(=O)c8ccc(C)cc8)[C@@H](O[C@H]8[C@H](O)[C@@H](O)[C@@H](O[C@H]9[C@H](O)C(O)[C@@H](O[C@@H]([C@@H]2O)[C@@H](CO)O3)O[C@@H]9CO)O[C@@H]8CO)O[C@@H]7CO)O[C@@H]6CO)O[C@@H]5CO)O[C@@H]4CO)cc1. The number of aryl methyl sites for hydroxylation is 2. The molecule has 17 rings (SSSR count). The van der Waals surface area contributed by atoms with Gasteiger partial charge in [-0.25, -0.2) is 0 Å². The number of fused-ring (bicyclic) bond motifs is 7. The van der Waals surface area contributed by atoms with Gasteiger partial charge in [0.1, 0.15) is 159 Å². The molecule has 39 nitrogen and oxygen atoms in total. The number of ether oxygens (including phenoxy) is 14. The fourth-order valence-corrected chi connectivity index (χ4v) is 14.6. The van der Waals surface area contributed by atoms with Gasteiger partial charge in [-0.1, -0.05) is 35.4 Å². The predicted molar refractivity (Wildman–Crippen MR) is 303 cm³/mol. The lowest BCUT2D eigenvalue weighted by Crippen LogP contribution is -2.68. The van der Waals surface area contributed by atoms with Crippen LogP contribution in [0.2, 0.25) is 0 Å². The first-order valence-electron chi connectivity index (χ1n) is 30.6. The normalized spacial score (nSPS) is 46.7. The fourth-order valence-electron chi connectivity index (χ4n) is 12.4. The standard InChI is InChI=1S/C56H82O39S2/c1-18-3-7-20(8-4-18)96(76,77)94-48-39(74)46-27(16-62)85-56(48)93-45-26(15-61)84-52(38(73)33(45)68)89-43-24(13-59)82-54(36(71)31(43)66)91-47-28(17-63)86-55(49(40(47)75)95-97(78,79)21-9-5-19(2)6-10-21)92-44-25(14-60)83-51(37(72)32(44)67)88-41-22(11-57)80-50(34(69)29(41)64)87-42-23(12-58)81-53(90-46)35(70)30(42)65/h3-10,22-75H,11-17H2,1-2H3/t22-,23-,24-,25-,26-,27-,28-,29-,30-,31-,32-,33-,34-,35-,36?,37-,38-,39+,40+,41-,42-,43-,44-,45-,46-,47-,48-,49-,50-,51-,52-,53-,54-,55-,56-/m1/s1. The minimum atomic E-state index is -5.06. The van der Waals surface area contributed by atoms with Crippen molar-refractivity contribution in [1.29, 1.82) is 0 Å². The molecule has 35 atom stereocenters. The van der Waals surface area contributed by atoms with Crippen LogP contribution in [-0.4, -0.2) is 375 Å². The molecule has 15 heterocycles. The highest BCUT2D eigenvalue weighted by Crippen LogP contribution is 2.41. The van der Waals surface area contributed by atoms with Crippen molar-refractivity contribution in [2.45, 2.75) is 239 Å². The lowest BCUT2D eigenvalue weighted by molar-refractivity contribution is -0.395. The summed E-state index contributed by atoms with van der Waals surface area (Å²) in [7, 11) is -10.1. The largest absolute Gasteiger partial charge is 0.394 e. The molecular formula is C56H82O39S2. The van der Waals surface area contributed by atoms with Crippen molar-refractivity contribution >= 4 is 20.2 Å². The molecular weight excluding hydrogens is 1360 g/mol. The summed E-state index contributed by atoms with van der Waals surface area (Å²) in [4.78, 5) is -1.04. The zero-order valence-corrected chi connectivity index (χ0v) is 52.9. The Labute approximate surface area is 551 Å². The fraction of sp³-hybridized carbons (Fsp3) is 0.786. The molecule has 1 unspecified atom stereocenters. The smallest absolute Gasteiger partial charge is 0.297 e. The van der Waals surface area contributed by atoms with Crippen LogP contribution >= 0.6 is 0 Å². The number of rotatable bonds is 13. The van der Waals surface area contributed by atoms with E-state index < -0.39 is 291 Å². The van der Waals surface area contributed by atoms with Gasteiger partial charge in [-0.2, -0.15) is 16.8 Å². The summed E-state index contributed by atoms with van der Waals surface area (Å²) < 4.78 is 149. The second-order valence-electron chi connectivity index (χ2n) is 24.3.